The first-order valence-electron chi connectivity index (χ1n) is 13.6. The number of amides is 1. The highest BCUT2D eigenvalue weighted by atomic mass is 32.2. The molecule has 0 atom stereocenters. The number of halogens is 4. The Morgan fingerprint density at radius 1 is 1.00 bits per heavy atom. The fourth-order valence-corrected chi connectivity index (χ4v) is 4.97. The predicted molar refractivity (Wildman–Crippen MR) is 162 cm³/mol. The number of nitrogens with one attached hydrogen (secondary N) is 3. The lowest BCUT2D eigenvalue weighted by molar-refractivity contribution is -0.123. The molecule has 9 nitrogen and oxygen atoms in total. The first-order valence-corrected chi connectivity index (χ1v) is 15.4. The molecule has 14 heteroatoms. The summed E-state index contributed by atoms with van der Waals surface area (Å²) in [5, 5.41) is 11.5. The number of rotatable bonds is 13. The van der Waals surface area contributed by atoms with Crippen LogP contribution < -0.4 is 15.4 Å². The molecule has 238 valence electrons. The van der Waals surface area contributed by atoms with E-state index in [-0.39, 0.29) is 35.4 Å². The van der Waals surface area contributed by atoms with Crippen molar-refractivity contribution in [2.24, 2.45) is 0 Å². The number of benzene rings is 3. The smallest absolute Gasteiger partial charge is 0.393 e. The number of ether oxygens (including phenoxy) is 1. The van der Waals surface area contributed by atoms with Gasteiger partial charge >= 0.3 is 16.3 Å². The largest absolute Gasteiger partial charge is 0.492 e. The van der Waals surface area contributed by atoms with E-state index < -0.39 is 34.6 Å². The van der Waals surface area contributed by atoms with E-state index in [4.69, 9.17) is 4.74 Å². The van der Waals surface area contributed by atoms with E-state index in [0.29, 0.717) is 34.5 Å². The van der Waals surface area contributed by atoms with Gasteiger partial charge in [0.2, 0.25) is 11.7 Å². The number of hydrogen-bond acceptors (Lipinski definition) is 7. The van der Waals surface area contributed by atoms with E-state index in [1.165, 1.54) is 19.2 Å². The molecule has 0 spiro atoms. The Kier molecular flexibility index (Phi) is 10.6. The first-order chi connectivity index (χ1) is 21.3. The molecular formula is C31H30F4N4O5S. The summed E-state index contributed by atoms with van der Waals surface area (Å²) in [5.74, 6) is -1.32. The average Bonchev–Trinajstić information content (AvgIpc) is 3.37. The van der Waals surface area contributed by atoms with Gasteiger partial charge in [0.05, 0.1) is 23.6 Å². The molecule has 0 aliphatic carbocycles. The lowest BCUT2D eigenvalue weighted by Crippen LogP contribution is -2.26. The number of likely N-dealkylation sites (N-methyl/N-ethyl adjacent to an activating group) is 1. The van der Waals surface area contributed by atoms with Crippen LogP contribution in [-0.4, -0.2) is 63.7 Å². The normalized spacial score (nSPS) is 13.0. The average molecular weight is 647 g/mol. The standard InChI is InChI=1S/C31H30F4N4O5S/c1-36-30(40)27(44-45(2,41)42)14-15-37-16-17-43-23-11-8-21(9-12-23)28(22-10-13-26-24(18-22)29(32)39-38-26)25(19-31(33,34)35)20-6-4-3-5-7-20/h3-14,18,37H,15-17,19H2,1-2H3,(H,36,40)(H,38,39)/b27-14+,28-25+. The molecule has 0 aliphatic heterocycles. The van der Waals surface area contributed by atoms with Crippen molar-refractivity contribution in [3.8, 4) is 5.75 Å². The summed E-state index contributed by atoms with van der Waals surface area (Å²) in [7, 11) is -2.55. The molecule has 3 N–H and O–H groups in total. The molecule has 0 fully saturated rings. The molecular weight excluding hydrogens is 616 g/mol. The van der Waals surface area contributed by atoms with Crippen molar-refractivity contribution >= 4 is 38.1 Å². The lowest BCUT2D eigenvalue weighted by atomic mass is 9.87. The molecule has 0 unspecified atom stereocenters. The van der Waals surface area contributed by atoms with Crippen LogP contribution in [0.2, 0.25) is 0 Å². The monoisotopic (exact) mass is 646 g/mol. The second kappa shape index (κ2) is 14.4. The summed E-state index contributed by atoms with van der Waals surface area (Å²) in [6.07, 6.45) is -3.63. The minimum atomic E-state index is -4.52. The van der Waals surface area contributed by atoms with Gasteiger partial charge < -0.3 is 19.6 Å². The Morgan fingerprint density at radius 3 is 2.33 bits per heavy atom. The van der Waals surface area contributed by atoms with Crippen LogP contribution in [0.15, 0.2) is 84.6 Å². The van der Waals surface area contributed by atoms with Crippen LogP contribution in [0, 0.1) is 5.95 Å². The third-order valence-electron chi connectivity index (χ3n) is 6.41. The van der Waals surface area contributed by atoms with Crippen molar-refractivity contribution in [2.45, 2.75) is 12.6 Å². The molecule has 0 radical (unpaired) electrons. The molecule has 0 saturated carbocycles. The summed E-state index contributed by atoms with van der Waals surface area (Å²) >= 11 is 0. The van der Waals surface area contributed by atoms with Crippen LogP contribution in [0.4, 0.5) is 17.6 Å². The first kappa shape index (κ1) is 33.2. The number of allylic oxidation sites excluding steroid dienone is 1. The van der Waals surface area contributed by atoms with Gasteiger partial charge in [-0.1, -0.05) is 48.5 Å². The van der Waals surface area contributed by atoms with Gasteiger partial charge in [0.1, 0.15) is 12.4 Å². The molecule has 0 saturated heterocycles. The van der Waals surface area contributed by atoms with Gasteiger partial charge in [-0.05, 0) is 58.2 Å². The molecule has 0 aliphatic rings. The van der Waals surface area contributed by atoms with Crippen LogP contribution in [-0.2, 0) is 19.1 Å². The Labute approximate surface area is 257 Å². The Hall–Kier alpha value is -4.69. The molecule has 1 heterocycles. The van der Waals surface area contributed by atoms with Gasteiger partial charge in [0, 0.05) is 20.1 Å². The number of aromatic nitrogens is 2. The Morgan fingerprint density at radius 2 is 1.69 bits per heavy atom. The summed E-state index contributed by atoms with van der Waals surface area (Å²) in [5.41, 5.74) is 1.86. The molecule has 1 aromatic heterocycles. The van der Waals surface area contributed by atoms with Gasteiger partial charge in [-0.15, -0.1) is 0 Å². The number of hydrogen-bond donors (Lipinski definition) is 3. The quantitative estimate of drug-likeness (QED) is 0.0457. The van der Waals surface area contributed by atoms with Crippen molar-refractivity contribution in [3.05, 3.63) is 107 Å². The van der Waals surface area contributed by atoms with Crippen LogP contribution in [0.5, 0.6) is 5.75 Å². The number of nitrogens with zero attached hydrogens (tertiary/aromatic N) is 1. The Balaban J connectivity index is 1.57. The van der Waals surface area contributed by atoms with E-state index in [0.717, 1.165) is 6.26 Å². The van der Waals surface area contributed by atoms with Gasteiger partial charge in [0.25, 0.3) is 5.91 Å². The highest BCUT2D eigenvalue weighted by molar-refractivity contribution is 7.86. The zero-order valence-corrected chi connectivity index (χ0v) is 25.1. The lowest BCUT2D eigenvalue weighted by Gasteiger charge is -2.19. The molecule has 4 aromatic rings. The number of fused-ring (bicyclic) bond motifs is 1. The third-order valence-corrected chi connectivity index (χ3v) is 6.89. The van der Waals surface area contributed by atoms with Crippen LogP contribution >= 0.6 is 0 Å². The molecule has 0 bridgehead atoms. The minimum absolute atomic E-state index is 0.0215. The van der Waals surface area contributed by atoms with Crippen molar-refractivity contribution in [3.63, 3.8) is 0 Å². The van der Waals surface area contributed by atoms with Gasteiger partial charge in [0.15, 0.2) is 0 Å². The van der Waals surface area contributed by atoms with Crippen molar-refractivity contribution in [2.75, 3.05) is 33.0 Å². The van der Waals surface area contributed by atoms with Crippen LogP contribution in [0.25, 0.3) is 22.0 Å². The number of alkyl halides is 3. The summed E-state index contributed by atoms with van der Waals surface area (Å²) in [6, 6.07) is 19.4. The topological polar surface area (TPSA) is 122 Å². The highest BCUT2D eigenvalue weighted by Gasteiger charge is 2.31. The van der Waals surface area contributed by atoms with E-state index in [1.807, 2.05) is 0 Å². The second-order valence-corrected chi connectivity index (χ2v) is 11.4. The zero-order chi connectivity index (χ0) is 32.6. The maximum absolute atomic E-state index is 14.4. The van der Waals surface area contributed by atoms with E-state index in [9.17, 15) is 30.8 Å². The maximum Gasteiger partial charge on any atom is 0.393 e. The molecule has 3 aromatic carbocycles. The number of aromatic amines is 1. The maximum atomic E-state index is 14.4. The zero-order valence-electron chi connectivity index (χ0n) is 24.2. The fourth-order valence-electron chi connectivity index (χ4n) is 4.50. The van der Waals surface area contributed by atoms with E-state index in [1.54, 1.807) is 66.7 Å². The van der Waals surface area contributed by atoms with Crippen molar-refractivity contribution in [1.29, 1.82) is 0 Å². The number of H-pyrrole nitrogens is 1. The second-order valence-electron chi connectivity index (χ2n) is 9.79. The van der Waals surface area contributed by atoms with E-state index in [2.05, 4.69) is 25.0 Å². The molecule has 4 rings (SSSR count). The highest BCUT2D eigenvalue weighted by Crippen LogP contribution is 2.40. The van der Waals surface area contributed by atoms with Gasteiger partial charge in [-0.3, -0.25) is 9.89 Å². The van der Waals surface area contributed by atoms with Crippen LogP contribution in [0.1, 0.15) is 23.1 Å². The SMILES string of the molecule is CNC(=O)/C(=C\CNCCOc1ccc(/C(=C(/CC(F)(F)F)c2ccccc2)c2ccc3n[nH]c(F)c3c2)cc1)OS(C)(=O)=O. The fraction of sp³-hybridized carbons (Fsp3) is 0.226. The minimum Gasteiger partial charge on any atom is -0.492 e. The van der Waals surface area contributed by atoms with Crippen LogP contribution in [0.3, 0.4) is 0 Å². The summed E-state index contributed by atoms with van der Waals surface area (Å²) < 4.78 is 89.3. The molecule has 1 amide bonds. The van der Waals surface area contributed by atoms with Crippen molar-refractivity contribution in [1.82, 2.24) is 20.8 Å². The third kappa shape index (κ3) is 9.40. The molecule has 45 heavy (non-hydrogen) atoms. The Bertz CT molecular complexity index is 1800. The summed E-state index contributed by atoms with van der Waals surface area (Å²) in [4.78, 5) is 11.8. The summed E-state index contributed by atoms with van der Waals surface area (Å²) in [6.45, 7) is 0.596. The number of carbonyl (C=O) groups excluding carboxylic acids is 1. The van der Waals surface area contributed by atoms with Crippen molar-refractivity contribution < 1.29 is 39.7 Å². The predicted octanol–water partition coefficient (Wildman–Crippen LogP) is 5.19. The number of carbonyl (C=O) groups is 1. The van der Waals surface area contributed by atoms with Gasteiger partial charge in [-0.2, -0.15) is 31.1 Å². The van der Waals surface area contributed by atoms with Gasteiger partial charge in [-0.25, -0.2) is 0 Å². The van der Waals surface area contributed by atoms with E-state index >= 15 is 0 Å².